The maximum atomic E-state index is 2.35. The van der Waals surface area contributed by atoms with Crippen LogP contribution in [0.4, 0.5) is 0 Å². The molecule has 0 unspecified atom stereocenters. The van der Waals surface area contributed by atoms with Gasteiger partial charge in [-0.1, -0.05) is 42.0 Å². The topological polar surface area (TPSA) is 3.88 Å². The van der Waals surface area contributed by atoms with E-state index in [1.54, 1.807) is 0 Å². The number of aromatic nitrogens is 1. The predicted octanol–water partition coefficient (Wildman–Crippen LogP) is 5.41. The van der Waals surface area contributed by atoms with Crippen LogP contribution in [0.1, 0.15) is 16.7 Å². The standard InChI is InChI=1S/C23H22N/c1-15-13-16(2)17(3)21(14-15)23-20-11-6-5-9-18(20)19-10-7-8-12-22(19)24(23)4/h5-14H,1-4H3/q+1. The van der Waals surface area contributed by atoms with Crippen LogP contribution in [0.5, 0.6) is 0 Å². The number of nitrogens with zero attached hydrogens (tertiary/aromatic N) is 1. The molecule has 24 heavy (non-hydrogen) atoms. The van der Waals surface area contributed by atoms with Crippen molar-refractivity contribution >= 4 is 21.7 Å². The van der Waals surface area contributed by atoms with Gasteiger partial charge < -0.3 is 0 Å². The minimum Gasteiger partial charge on any atom is -0.194 e. The van der Waals surface area contributed by atoms with Crippen molar-refractivity contribution in [1.82, 2.24) is 0 Å². The van der Waals surface area contributed by atoms with Gasteiger partial charge in [0.15, 0.2) is 0 Å². The number of rotatable bonds is 1. The molecule has 1 heteroatoms. The number of aryl methyl sites for hydroxylation is 3. The highest BCUT2D eigenvalue weighted by Crippen LogP contribution is 2.33. The molecule has 0 radical (unpaired) electrons. The summed E-state index contributed by atoms with van der Waals surface area (Å²) in [6, 6.07) is 22.0. The lowest BCUT2D eigenvalue weighted by Crippen LogP contribution is -2.32. The molecule has 0 spiro atoms. The SMILES string of the molecule is Cc1cc(C)c(C)c(-c2c3ccccc3c3ccccc3[n+]2C)c1. The van der Waals surface area contributed by atoms with Crippen molar-refractivity contribution in [3.05, 3.63) is 77.4 Å². The van der Waals surface area contributed by atoms with E-state index in [-0.39, 0.29) is 0 Å². The van der Waals surface area contributed by atoms with Crippen molar-refractivity contribution in [3.8, 4) is 11.3 Å². The molecule has 1 heterocycles. The number of pyridine rings is 1. The number of hydrogen-bond acceptors (Lipinski definition) is 0. The fourth-order valence-electron chi connectivity index (χ4n) is 3.83. The van der Waals surface area contributed by atoms with Gasteiger partial charge in [-0.2, -0.15) is 4.57 Å². The first kappa shape index (κ1) is 14.9. The van der Waals surface area contributed by atoms with Gasteiger partial charge in [0, 0.05) is 11.5 Å². The summed E-state index contributed by atoms with van der Waals surface area (Å²) in [5.74, 6) is 0. The largest absolute Gasteiger partial charge is 0.220 e. The summed E-state index contributed by atoms with van der Waals surface area (Å²) in [7, 11) is 2.18. The second-order valence-corrected chi connectivity index (χ2v) is 6.72. The van der Waals surface area contributed by atoms with Crippen molar-refractivity contribution < 1.29 is 4.57 Å². The summed E-state index contributed by atoms with van der Waals surface area (Å²) in [6.07, 6.45) is 0. The fourth-order valence-corrected chi connectivity index (χ4v) is 3.83. The smallest absolute Gasteiger partial charge is 0.194 e. The van der Waals surface area contributed by atoms with Crippen LogP contribution in [-0.2, 0) is 7.05 Å². The summed E-state index contributed by atoms with van der Waals surface area (Å²) < 4.78 is 2.35. The minimum absolute atomic E-state index is 1.27. The summed E-state index contributed by atoms with van der Waals surface area (Å²) in [5.41, 5.74) is 7.92. The molecule has 0 aliphatic rings. The Morgan fingerprint density at radius 1 is 0.708 bits per heavy atom. The van der Waals surface area contributed by atoms with Crippen LogP contribution < -0.4 is 4.57 Å². The summed E-state index contributed by atoms with van der Waals surface area (Å²) in [4.78, 5) is 0. The van der Waals surface area contributed by atoms with Crippen molar-refractivity contribution in [2.24, 2.45) is 7.05 Å². The average Bonchev–Trinajstić information content (AvgIpc) is 2.59. The third-order valence-corrected chi connectivity index (χ3v) is 5.14. The zero-order chi connectivity index (χ0) is 16.8. The van der Waals surface area contributed by atoms with E-state index in [4.69, 9.17) is 0 Å². The molecule has 0 N–H and O–H groups in total. The van der Waals surface area contributed by atoms with Gasteiger partial charge in [0.05, 0.1) is 16.3 Å². The van der Waals surface area contributed by atoms with E-state index in [2.05, 4.69) is 93.0 Å². The average molecular weight is 312 g/mol. The van der Waals surface area contributed by atoms with E-state index >= 15 is 0 Å². The Kier molecular flexibility index (Phi) is 3.38. The maximum Gasteiger partial charge on any atom is 0.220 e. The molecule has 118 valence electrons. The van der Waals surface area contributed by atoms with Gasteiger partial charge in [-0.25, -0.2) is 0 Å². The van der Waals surface area contributed by atoms with E-state index in [0.29, 0.717) is 0 Å². The Labute approximate surface area is 143 Å². The first-order chi connectivity index (χ1) is 11.6. The lowest BCUT2D eigenvalue weighted by molar-refractivity contribution is -0.632. The molecule has 0 saturated heterocycles. The molecular weight excluding hydrogens is 290 g/mol. The summed E-state index contributed by atoms with van der Waals surface area (Å²) >= 11 is 0. The van der Waals surface area contributed by atoms with Gasteiger partial charge in [0.2, 0.25) is 11.2 Å². The second kappa shape index (κ2) is 5.45. The Balaban J connectivity index is 2.25. The van der Waals surface area contributed by atoms with Gasteiger partial charge in [-0.05, 0) is 50.1 Å². The van der Waals surface area contributed by atoms with E-state index in [0.717, 1.165) is 0 Å². The molecule has 4 rings (SSSR count). The van der Waals surface area contributed by atoms with E-state index < -0.39 is 0 Å². The maximum absolute atomic E-state index is 2.35. The van der Waals surface area contributed by atoms with Crippen LogP contribution in [0.25, 0.3) is 32.9 Å². The van der Waals surface area contributed by atoms with Crippen LogP contribution in [0, 0.1) is 20.8 Å². The summed E-state index contributed by atoms with van der Waals surface area (Å²) in [6.45, 7) is 6.61. The van der Waals surface area contributed by atoms with Gasteiger partial charge in [0.1, 0.15) is 7.05 Å². The molecule has 0 aliphatic carbocycles. The first-order valence-electron chi connectivity index (χ1n) is 8.45. The molecule has 1 aromatic heterocycles. The van der Waals surface area contributed by atoms with Crippen LogP contribution in [0.15, 0.2) is 60.7 Å². The zero-order valence-corrected chi connectivity index (χ0v) is 14.7. The molecule has 1 nitrogen and oxygen atoms in total. The van der Waals surface area contributed by atoms with Crippen LogP contribution in [0.2, 0.25) is 0 Å². The normalized spacial score (nSPS) is 11.3. The monoisotopic (exact) mass is 312 g/mol. The minimum atomic E-state index is 1.27. The van der Waals surface area contributed by atoms with Crippen molar-refractivity contribution in [2.75, 3.05) is 0 Å². The first-order valence-corrected chi connectivity index (χ1v) is 8.45. The van der Waals surface area contributed by atoms with Crippen LogP contribution >= 0.6 is 0 Å². The molecule has 0 amide bonds. The van der Waals surface area contributed by atoms with Gasteiger partial charge >= 0.3 is 0 Å². The Morgan fingerprint density at radius 2 is 1.33 bits per heavy atom. The summed E-state index contributed by atoms with van der Waals surface area (Å²) in [5, 5.41) is 3.94. The molecule has 0 aliphatic heterocycles. The number of hydrogen-bond donors (Lipinski definition) is 0. The molecule has 0 fully saturated rings. The van der Waals surface area contributed by atoms with Crippen LogP contribution in [-0.4, -0.2) is 0 Å². The van der Waals surface area contributed by atoms with Gasteiger partial charge in [-0.3, -0.25) is 0 Å². The Hall–Kier alpha value is -2.67. The van der Waals surface area contributed by atoms with E-state index in [1.165, 1.54) is 49.6 Å². The van der Waals surface area contributed by atoms with E-state index in [9.17, 15) is 0 Å². The molecule has 0 bridgehead atoms. The zero-order valence-electron chi connectivity index (χ0n) is 14.7. The quantitative estimate of drug-likeness (QED) is 0.327. The third kappa shape index (κ3) is 2.12. The van der Waals surface area contributed by atoms with E-state index in [1.807, 2.05) is 0 Å². The highest BCUT2D eigenvalue weighted by Gasteiger charge is 2.22. The molecule has 0 saturated carbocycles. The second-order valence-electron chi connectivity index (χ2n) is 6.72. The Bertz CT molecular complexity index is 1090. The fraction of sp³-hybridized carbons (Fsp3) is 0.174. The van der Waals surface area contributed by atoms with Crippen LogP contribution in [0.3, 0.4) is 0 Å². The van der Waals surface area contributed by atoms with Crippen molar-refractivity contribution in [3.63, 3.8) is 0 Å². The number of para-hydroxylation sites is 1. The third-order valence-electron chi connectivity index (χ3n) is 5.14. The molecule has 0 atom stereocenters. The lowest BCUT2D eigenvalue weighted by Gasteiger charge is -2.13. The van der Waals surface area contributed by atoms with Gasteiger partial charge in [0.25, 0.3) is 0 Å². The lowest BCUT2D eigenvalue weighted by atomic mass is 9.93. The van der Waals surface area contributed by atoms with Gasteiger partial charge in [-0.15, -0.1) is 0 Å². The van der Waals surface area contributed by atoms with Crippen molar-refractivity contribution in [2.45, 2.75) is 20.8 Å². The highest BCUT2D eigenvalue weighted by molar-refractivity contribution is 6.08. The molecule has 4 aromatic rings. The number of fused-ring (bicyclic) bond motifs is 3. The highest BCUT2D eigenvalue weighted by atomic mass is 14.9. The Morgan fingerprint density at radius 3 is 2.08 bits per heavy atom. The van der Waals surface area contributed by atoms with Crippen molar-refractivity contribution in [1.29, 1.82) is 0 Å². The predicted molar refractivity (Wildman–Crippen MR) is 102 cm³/mol. The molecular formula is C23H22N+. The number of benzene rings is 3. The molecule has 3 aromatic carbocycles.